The predicted octanol–water partition coefficient (Wildman–Crippen LogP) is 21.1. The summed E-state index contributed by atoms with van der Waals surface area (Å²) in [5.41, 5.74) is 0. The molecule has 0 aromatic carbocycles. The molecular weight excluding hydrogens is 901 g/mol. The van der Waals surface area contributed by atoms with Gasteiger partial charge in [0.05, 0.1) is 0 Å². The SMILES string of the molecule is CC/C=C\C/C=C\C/C=C\C/C=C\C/C=C\CCCCCCCCCC(=O)OCC(COC(=O)CCCCCCC/C=C\C/C=C\CCC)OC(=O)CCCCCCCCCCCCCCCCCCCCC. The van der Waals surface area contributed by atoms with Crippen LogP contribution >= 0.6 is 0 Å². The van der Waals surface area contributed by atoms with Gasteiger partial charge in [0.2, 0.25) is 0 Å². The normalized spacial score (nSPS) is 12.6. The van der Waals surface area contributed by atoms with Crippen molar-refractivity contribution in [2.75, 3.05) is 13.2 Å². The zero-order valence-electron chi connectivity index (χ0n) is 48.1. The second kappa shape index (κ2) is 61.1. The van der Waals surface area contributed by atoms with E-state index in [9.17, 15) is 14.4 Å². The summed E-state index contributed by atoms with van der Waals surface area (Å²) in [4.78, 5) is 38.3. The molecule has 0 saturated heterocycles. The van der Waals surface area contributed by atoms with Gasteiger partial charge in [0.25, 0.3) is 0 Å². The van der Waals surface area contributed by atoms with Gasteiger partial charge in [0.15, 0.2) is 6.10 Å². The quantitative estimate of drug-likeness (QED) is 0.0261. The fourth-order valence-corrected chi connectivity index (χ4v) is 8.74. The van der Waals surface area contributed by atoms with Gasteiger partial charge in [-0.05, 0) is 89.9 Å². The Morgan fingerprint density at radius 2 is 0.562 bits per heavy atom. The Bertz CT molecular complexity index is 1400. The maximum absolute atomic E-state index is 12.9. The fourth-order valence-electron chi connectivity index (χ4n) is 8.74. The molecule has 0 aliphatic heterocycles. The molecule has 0 fully saturated rings. The molecule has 1 unspecified atom stereocenters. The predicted molar refractivity (Wildman–Crippen MR) is 316 cm³/mol. The standard InChI is InChI=1S/C67H116O6/c1-4-7-10-13-16-19-22-25-27-29-31-32-33-34-36-37-39-42-45-48-51-54-57-60-66(69)72-63-64(62-71-65(68)59-56-53-50-47-44-41-24-21-18-15-12-9-6-3)73-67(70)61-58-55-52-49-46-43-40-38-35-30-28-26-23-20-17-14-11-8-5-2/h7,10,12,15-16,19,21,24-25,27,31-32,34,36,64H,4-6,8-9,11,13-14,17-18,20,22-23,26,28-30,33,35,37-63H2,1-3H3/b10-7-,15-12-,19-16-,24-21-,27-25-,32-31-,36-34-. The van der Waals surface area contributed by atoms with Crippen molar-refractivity contribution in [3.05, 3.63) is 85.1 Å². The molecule has 420 valence electrons. The zero-order chi connectivity index (χ0) is 52.9. The van der Waals surface area contributed by atoms with Crippen molar-refractivity contribution in [3.8, 4) is 0 Å². The van der Waals surface area contributed by atoms with Crippen molar-refractivity contribution in [1.82, 2.24) is 0 Å². The zero-order valence-corrected chi connectivity index (χ0v) is 48.1. The number of rotatable bonds is 56. The number of carbonyl (C=O) groups is 3. The third-order valence-corrected chi connectivity index (χ3v) is 13.4. The van der Waals surface area contributed by atoms with Crippen LogP contribution in [0.5, 0.6) is 0 Å². The molecule has 0 heterocycles. The van der Waals surface area contributed by atoms with E-state index in [-0.39, 0.29) is 31.1 Å². The first-order chi connectivity index (χ1) is 36.0. The highest BCUT2D eigenvalue weighted by molar-refractivity contribution is 5.71. The van der Waals surface area contributed by atoms with Gasteiger partial charge in [0, 0.05) is 19.3 Å². The highest BCUT2D eigenvalue weighted by atomic mass is 16.6. The van der Waals surface area contributed by atoms with Crippen LogP contribution in [-0.4, -0.2) is 37.2 Å². The first-order valence-electron chi connectivity index (χ1n) is 31.1. The molecule has 0 amide bonds. The molecule has 6 heteroatoms. The van der Waals surface area contributed by atoms with Gasteiger partial charge in [-0.15, -0.1) is 0 Å². The molecule has 0 aromatic rings. The summed E-state index contributed by atoms with van der Waals surface area (Å²) < 4.78 is 16.9. The largest absolute Gasteiger partial charge is 0.462 e. The molecule has 0 bridgehead atoms. The number of hydrogen-bond acceptors (Lipinski definition) is 6. The van der Waals surface area contributed by atoms with E-state index in [1.807, 2.05) is 0 Å². The molecule has 1 atom stereocenters. The van der Waals surface area contributed by atoms with Gasteiger partial charge >= 0.3 is 17.9 Å². The van der Waals surface area contributed by atoms with Crippen molar-refractivity contribution in [1.29, 1.82) is 0 Å². The van der Waals surface area contributed by atoms with E-state index < -0.39 is 6.10 Å². The second-order valence-corrected chi connectivity index (χ2v) is 20.6. The average Bonchev–Trinajstić information content (AvgIpc) is 3.39. The first-order valence-corrected chi connectivity index (χ1v) is 31.1. The lowest BCUT2D eigenvalue weighted by atomic mass is 10.0. The highest BCUT2D eigenvalue weighted by Crippen LogP contribution is 2.17. The van der Waals surface area contributed by atoms with Crippen LogP contribution < -0.4 is 0 Å². The third-order valence-electron chi connectivity index (χ3n) is 13.4. The molecule has 0 aromatic heterocycles. The smallest absolute Gasteiger partial charge is 0.306 e. The number of esters is 3. The van der Waals surface area contributed by atoms with Gasteiger partial charge in [-0.25, -0.2) is 0 Å². The number of allylic oxidation sites excluding steroid dienone is 14. The van der Waals surface area contributed by atoms with Crippen LogP contribution in [0.3, 0.4) is 0 Å². The molecule has 0 N–H and O–H groups in total. The summed E-state index contributed by atoms with van der Waals surface area (Å²) in [6.45, 7) is 6.47. The van der Waals surface area contributed by atoms with Crippen molar-refractivity contribution < 1.29 is 28.6 Å². The van der Waals surface area contributed by atoms with Crippen LogP contribution in [0.2, 0.25) is 0 Å². The summed E-state index contributed by atoms with van der Waals surface area (Å²) in [6.07, 6.45) is 80.1. The lowest BCUT2D eigenvalue weighted by Crippen LogP contribution is -2.30. The number of hydrogen-bond donors (Lipinski definition) is 0. The van der Waals surface area contributed by atoms with E-state index in [1.54, 1.807) is 0 Å². The van der Waals surface area contributed by atoms with Crippen LogP contribution in [0.15, 0.2) is 85.1 Å². The molecule has 0 saturated carbocycles. The molecule has 0 spiro atoms. The van der Waals surface area contributed by atoms with E-state index >= 15 is 0 Å². The van der Waals surface area contributed by atoms with Gasteiger partial charge in [-0.2, -0.15) is 0 Å². The van der Waals surface area contributed by atoms with Crippen molar-refractivity contribution in [2.45, 2.75) is 309 Å². The van der Waals surface area contributed by atoms with E-state index in [2.05, 4.69) is 106 Å². The monoisotopic (exact) mass is 1020 g/mol. The summed E-state index contributed by atoms with van der Waals surface area (Å²) >= 11 is 0. The van der Waals surface area contributed by atoms with Crippen molar-refractivity contribution in [2.24, 2.45) is 0 Å². The van der Waals surface area contributed by atoms with Crippen LogP contribution in [-0.2, 0) is 28.6 Å². The van der Waals surface area contributed by atoms with Crippen LogP contribution in [0.1, 0.15) is 303 Å². The summed E-state index contributed by atoms with van der Waals surface area (Å²) in [7, 11) is 0. The van der Waals surface area contributed by atoms with Crippen LogP contribution in [0.4, 0.5) is 0 Å². The summed E-state index contributed by atoms with van der Waals surface area (Å²) in [6, 6.07) is 0. The van der Waals surface area contributed by atoms with E-state index in [0.29, 0.717) is 19.3 Å². The Balaban J connectivity index is 4.35. The Kier molecular flexibility index (Phi) is 58.3. The molecular formula is C67H116O6. The first kappa shape index (κ1) is 69.6. The van der Waals surface area contributed by atoms with Crippen molar-refractivity contribution >= 4 is 17.9 Å². The average molecular weight is 1020 g/mol. The molecule has 0 rings (SSSR count). The maximum Gasteiger partial charge on any atom is 0.306 e. The molecule has 0 radical (unpaired) electrons. The minimum Gasteiger partial charge on any atom is -0.462 e. The highest BCUT2D eigenvalue weighted by Gasteiger charge is 2.19. The van der Waals surface area contributed by atoms with Crippen LogP contribution in [0.25, 0.3) is 0 Å². The minimum absolute atomic E-state index is 0.0849. The van der Waals surface area contributed by atoms with E-state index in [4.69, 9.17) is 14.2 Å². The Labute approximate surface area is 452 Å². The molecule has 73 heavy (non-hydrogen) atoms. The number of ether oxygens (including phenoxy) is 3. The molecule has 6 nitrogen and oxygen atoms in total. The number of unbranched alkanes of at least 4 members (excludes halogenated alkanes) is 31. The van der Waals surface area contributed by atoms with Crippen molar-refractivity contribution in [3.63, 3.8) is 0 Å². The second-order valence-electron chi connectivity index (χ2n) is 20.6. The number of carbonyl (C=O) groups excluding carboxylic acids is 3. The summed E-state index contributed by atoms with van der Waals surface area (Å²) in [5, 5.41) is 0. The third kappa shape index (κ3) is 59.3. The van der Waals surface area contributed by atoms with Crippen LogP contribution in [0, 0.1) is 0 Å². The van der Waals surface area contributed by atoms with Gasteiger partial charge in [0.1, 0.15) is 13.2 Å². The lowest BCUT2D eigenvalue weighted by Gasteiger charge is -2.18. The Morgan fingerprint density at radius 1 is 0.288 bits per heavy atom. The summed E-state index contributed by atoms with van der Waals surface area (Å²) in [5.74, 6) is -0.897. The molecule has 0 aliphatic rings. The fraction of sp³-hybridized carbons (Fsp3) is 0.746. The lowest BCUT2D eigenvalue weighted by molar-refractivity contribution is -0.167. The Hall–Kier alpha value is -3.41. The van der Waals surface area contributed by atoms with Gasteiger partial charge in [-0.3, -0.25) is 14.4 Å². The minimum atomic E-state index is -0.787. The topological polar surface area (TPSA) is 78.9 Å². The maximum atomic E-state index is 12.9. The van der Waals surface area contributed by atoms with Gasteiger partial charge < -0.3 is 14.2 Å². The van der Waals surface area contributed by atoms with E-state index in [0.717, 1.165) is 122 Å². The Morgan fingerprint density at radius 3 is 0.890 bits per heavy atom. The van der Waals surface area contributed by atoms with E-state index in [1.165, 1.54) is 141 Å². The molecule has 0 aliphatic carbocycles. The van der Waals surface area contributed by atoms with Gasteiger partial charge in [-0.1, -0.05) is 279 Å².